The third-order valence-corrected chi connectivity index (χ3v) is 3.65. The highest BCUT2D eigenvalue weighted by Crippen LogP contribution is 2.31. The zero-order chi connectivity index (χ0) is 15.7. The number of aromatic carboxylic acids is 1. The highest BCUT2D eigenvalue weighted by atomic mass is 19.1. The molecule has 0 bridgehead atoms. The number of anilines is 1. The van der Waals surface area contributed by atoms with E-state index in [9.17, 15) is 13.6 Å². The summed E-state index contributed by atoms with van der Waals surface area (Å²) < 4.78 is 27.1. The van der Waals surface area contributed by atoms with Crippen LogP contribution in [0.25, 0.3) is 5.57 Å². The lowest BCUT2D eigenvalue weighted by Gasteiger charge is -2.15. The van der Waals surface area contributed by atoms with Crippen LogP contribution in [0.3, 0.4) is 0 Å². The van der Waals surface area contributed by atoms with Gasteiger partial charge in [0.25, 0.3) is 0 Å². The van der Waals surface area contributed by atoms with Crippen molar-refractivity contribution in [2.75, 3.05) is 11.4 Å². The molecule has 1 heterocycles. The second-order valence-electron chi connectivity index (χ2n) is 5.08. The Morgan fingerprint density at radius 1 is 1.09 bits per heavy atom. The van der Waals surface area contributed by atoms with Crippen molar-refractivity contribution in [2.45, 2.75) is 6.42 Å². The third-order valence-electron chi connectivity index (χ3n) is 3.65. The van der Waals surface area contributed by atoms with Gasteiger partial charge in [-0.15, -0.1) is 0 Å². The Morgan fingerprint density at radius 3 is 2.50 bits per heavy atom. The lowest BCUT2D eigenvalue weighted by atomic mass is 10.0. The highest BCUT2D eigenvalue weighted by molar-refractivity contribution is 5.88. The van der Waals surface area contributed by atoms with Gasteiger partial charge in [-0.2, -0.15) is 0 Å². The van der Waals surface area contributed by atoms with Crippen molar-refractivity contribution in [3.8, 4) is 0 Å². The Kier molecular flexibility index (Phi) is 3.63. The Morgan fingerprint density at radius 2 is 1.82 bits per heavy atom. The quantitative estimate of drug-likeness (QED) is 0.934. The molecule has 112 valence electrons. The first kappa shape index (κ1) is 14.3. The van der Waals surface area contributed by atoms with E-state index in [1.165, 1.54) is 18.2 Å². The largest absolute Gasteiger partial charge is 0.478 e. The van der Waals surface area contributed by atoms with Gasteiger partial charge in [-0.05, 0) is 41.8 Å². The number of benzene rings is 2. The van der Waals surface area contributed by atoms with Crippen LogP contribution in [0.1, 0.15) is 22.3 Å². The average molecular weight is 301 g/mol. The Bertz CT molecular complexity index is 754. The number of rotatable bonds is 3. The normalized spacial score (nSPS) is 14.1. The van der Waals surface area contributed by atoms with Crippen molar-refractivity contribution in [1.29, 1.82) is 0 Å². The van der Waals surface area contributed by atoms with Crippen LogP contribution in [-0.2, 0) is 0 Å². The van der Waals surface area contributed by atoms with Crippen LogP contribution in [0, 0.1) is 11.6 Å². The van der Waals surface area contributed by atoms with Crippen molar-refractivity contribution >= 4 is 17.2 Å². The Balaban J connectivity index is 1.88. The van der Waals surface area contributed by atoms with Crippen molar-refractivity contribution < 1.29 is 18.7 Å². The van der Waals surface area contributed by atoms with Crippen LogP contribution >= 0.6 is 0 Å². The van der Waals surface area contributed by atoms with Gasteiger partial charge >= 0.3 is 5.97 Å². The average Bonchev–Trinajstić information content (AvgIpc) is 2.99. The van der Waals surface area contributed by atoms with E-state index < -0.39 is 17.6 Å². The lowest BCUT2D eigenvalue weighted by molar-refractivity contribution is 0.0697. The van der Waals surface area contributed by atoms with Crippen LogP contribution < -0.4 is 4.90 Å². The molecule has 0 amide bonds. The number of hydrogen-bond acceptors (Lipinski definition) is 2. The van der Waals surface area contributed by atoms with E-state index in [0.717, 1.165) is 23.3 Å². The summed E-state index contributed by atoms with van der Waals surface area (Å²) >= 11 is 0. The minimum atomic E-state index is -0.976. The van der Waals surface area contributed by atoms with Gasteiger partial charge in [-0.1, -0.05) is 12.1 Å². The van der Waals surface area contributed by atoms with E-state index in [1.807, 2.05) is 0 Å². The molecule has 3 rings (SSSR count). The smallest absolute Gasteiger partial charge is 0.335 e. The Hall–Kier alpha value is -2.69. The second kappa shape index (κ2) is 5.60. The summed E-state index contributed by atoms with van der Waals surface area (Å²) in [4.78, 5) is 12.5. The molecule has 1 N–H and O–H groups in total. The topological polar surface area (TPSA) is 40.5 Å². The molecule has 1 aliphatic rings. The van der Waals surface area contributed by atoms with E-state index in [1.54, 1.807) is 23.2 Å². The molecule has 3 nitrogen and oxygen atoms in total. The fraction of sp³-hybridized carbons (Fsp3) is 0.118. The zero-order valence-corrected chi connectivity index (χ0v) is 11.6. The maximum atomic E-state index is 13.8. The molecule has 0 fully saturated rings. The minimum Gasteiger partial charge on any atom is -0.478 e. The van der Waals surface area contributed by atoms with Gasteiger partial charge in [0.15, 0.2) is 0 Å². The number of nitrogens with zero attached hydrogens (tertiary/aromatic N) is 1. The molecule has 2 aromatic carbocycles. The molecule has 0 atom stereocenters. The van der Waals surface area contributed by atoms with Crippen LogP contribution in [0.15, 0.2) is 48.7 Å². The molecule has 0 aliphatic carbocycles. The highest BCUT2D eigenvalue weighted by Gasteiger charge is 2.18. The first-order chi connectivity index (χ1) is 10.5. The van der Waals surface area contributed by atoms with Crippen LogP contribution in [0.2, 0.25) is 0 Å². The third kappa shape index (κ3) is 2.70. The van der Waals surface area contributed by atoms with Crippen molar-refractivity contribution in [2.24, 2.45) is 0 Å². The van der Waals surface area contributed by atoms with E-state index in [-0.39, 0.29) is 11.3 Å². The van der Waals surface area contributed by atoms with E-state index in [0.29, 0.717) is 13.0 Å². The van der Waals surface area contributed by atoms with E-state index >= 15 is 0 Å². The first-order valence-electron chi connectivity index (χ1n) is 6.81. The van der Waals surface area contributed by atoms with Gasteiger partial charge < -0.3 is 10.0 Å². The standard InChI is InChI=1S/C17H13F2NO2/c18-14-5-6-15(19)16(9-14)20-8-7-13(10-20)11-1-3-12(4-2-11)17(21)22/h1-6,9-10H,7-8H2,(H,21,22). The SMILES string of the molecule is O=C(O)c1ccc(C2=CN(c3cc(F)ccc3F)CC2)cc1. The molecule has 1 aliphatic heterocycles. The molecule has 22 heavy (non-hydrogen) atoms. The van der Waals surface area contributed by atoms with Gasteiger partial charge in [0.1, 0.15) is 11.6 Å². The predicted molar refractivity (Wildman–Crippen MR) is 79.7 cm³/mol. The molecule has 5 heteroatoms. The van der Waals surface area contributed by atoms with Gasteiger partial charge in [0, 0.05) is 18.8 Å². The molecule has 0 saturated carbocycles. The van der Waals surface area contributed by atoms with Gasteiger partial charge in [-0.25, -0.2) is 13.6 Å². The molecular formula is C17H13F2NO2. The fourth-order valence-electron chi connectivity index (χ4n) is 2.50. The molecular weight excluding hydrogens is 288 g/mol. The fourth-order valence-corrected chi connectivity index (χ4v) is 2.50. The summed E-state index contributed by atoms with van der Waals surface area (Å²) in [7, 11) is 0. The number of carboxylic acid groups (broad SMARTS) is 1. The van der Waals surface area contributed by atoms with Crippen molar-refractivity contribution in [1.82, 2.24) is 0 Å². The summed E-state index contributed by atoms with van der Waals surface area (Å²) in [5.74, 6) is -1.93. The second-order valence-corrected chi connectivity index (χ2v) is 5.08. The van der Waals surface area contributed by atoms with E-state index in [4.69, 9.17) is 5.11 Å². The van der Waals surface area contributed by atoms with Gasteiger partial charge in [0.05, 0.1) is 11.3 Å². The van der Waals surface area contributed by atoms with Crippen LogP contribution in [-0.4, -0.2) is 17.6 Å². The minimum absolute atomic E-state index is 0.206. The Labute approximate surface area is 126 Å². The maximum absolute atomic E-state index is 13.8. The first-order valence-corrected chi connectivity index (χ1v) is 6.81. The summed E-state index contributed by atoms with van der Waals surface area (Å²) in [6, 6.07) is 9.87. The van der Waals surface area contributed by atoms with Gasteiger partial charge in [-0.3, -0.25) is 0 Å². The summed E-state index contributed by atoms with van der Waals surface area (Å²) in [5, 5.41) is 8.89. The molecule has 0 aromatic heterocycles. The monoisotopic (exact) mass is 301 g/mol. The predicted octanol–water partition coefficient (Wildman–Crippen LogP) is 3.91. The van der Waals surface area contributed by atoms with E-state index in [2.05, 4.69) is 0 Å². The van der Waals surface area contributed by atoms with Gasteiger partial charge in [0.2, 0.25) is 0 Å². The van der Waals surface area contributed by atoms with Crippen molar-refractivity contribution in [3.05, 3.63) is 71.4 Å². The lowest BCUT2D eigenvalue weighted by Crippen LogP contribution is -2.13. The summed E-state index contributed by atoms with van der Waals surface area (Å²) in [5.41, 5.74) is 2.26. The molecule has 0 saturated heterocycles. The number of carboxylic acids is 1. The van der Waals surface area contributed by atoms with Crippen LogP contribution in [0.4, 0.5) is 14.5 Å². The number of carbonyl (C=O) groups is 1. The zero-order valence-electron chi connectivity index (χ0n) is 11.6. The molecule has 0 spiro atoms. The summed E-state index contributed by atoms with van der Waals surface area (Å²) in [6.07, 6.45) is 2.45. The maximum Gasteiger partial charge on any atom is 0.335 e. The summed E-state index contributed by atoms with van der Waals surface area (Å²) in [6.45, 7) is 0.552. The van der Waals surface area contributed by atoms with Crippen LogP contribution in [0.5, 0.6) is 0 Å². The number of hydrogen-bond donors (Lipinski definition) is 1. The molecule has 0 unspecified atom stereocenters. The molecule has 0 radical (unpaired) electrons. The van der Waals surface area contributed by atoms with Crippen molar-refractivity contribution in [3.63, 3.8) is 0 Å². The number of halogens is 2. The molecule has 2 aromatic rings.